The van der Waals surface area contributed by atoms with Crippen molar-refractivity contribution in [1.29, 1.82) is 0 Å². The number of aromatic nitrogens is 2. The normalized spacial score (nSPS) is 10.6. The van der Waals surface area contributed by atoms with E-state index in [0.717, 1.165) is 16.8 Å². The van der Waals surface area contributed by atoms with Gasteiger partial charge in [0.1, 0.15) is 5.56 Å². The lowest BCUT2D eigenvalue weighted by Gasteiger charge is -2.15. The first-order valence-electron chi connectivity index (χ1n) is 8.80. The van der Waals surface area contributed by atoms with Crippen LogP contribution in [0.2, 0.25) is 0 Å². The van der Waals surface area contributed by atoms with Gasteiger partial charge in [-0.05, 0) is 49.6 Å². The predicted molar refractivity (Wildman–Crippen MR) is 111 cm³/mol. The number of rotatable bonds is 5. The zero-order valence-electron chi connectivity index (χ0n) is 15.9. The quantitative estimate of drug-likeness (QED) is 0.595. The third-order valence-corrected chi connectivity index (χ3v) is 4.19. The van der Waals surface area contributed by atoms with E-state index in [1.807, 2.05) is 31.2 Å². The zero-order chi connectivity index (χ0) is 18.7. The molecule has 0 amide bonds. The molecule has 3 aromatic rings. The van der Waals surface area contributed by atoms with Crippen LogP contribution in [0, 0.1) is 6.92 Å². The summed E-state index contributed by atoms with van der Waals surface area (Å²) in [6.45, 7) is 8.32. The van der Waals surface area contributed by atoms with Crippen molar-refractivity contribution in [2.75, 3.05) is 11.9 Å². The fourth-order valence-electron chi connectivity index (χ4n) is 2.79. The molecule has 0 spiro atoms. The monoisotopic (exact) mass is 385 g/mol. The molecule has 2 aromatic heterocycles. The number of ether oxygens (including phenoxy) is 1. The molecule has 5 nitrogen and oxygen atoms in total. The number of carbonyl (C=O) groups excluding carboxylic acids is 1. The Bertz CT molecular complexity index is 957. The first kappa shape index (κ1) is 20.6. The largest absolute Gasteiger partial charge is 0.462 e. The van der Waals surface area contributed by atoms with Crippen LogP contribution in [-0.2, 0) is 4.74 Å². The Balaban J connectivity index is 0.00000261. The molecule has 0 atom stereocenters. The van der Waals surface area contributed by atoms with Gasteiger partial charge in [0.05, 0.1) is 12.3 Å². The highest BCUT2D eigenvalue weighted by atomic mass is 35.5. The minimum Gasteiger partial charge on any atom is -0.462 e. The van der Waals surface area contributed by atoms with Crippen LogP contribution in [0.15, 0.2) is 42.6 Å². The van der Waals surface area contributed by atoms with E-state index in [1.165, 1.54) is 11.8 Å². The van der Waals surface area contributed by atoms with Crippen molar-refractivity contribution in [2.24, 2.45) is 0 Å². The van der Waals surface area contributed by atoms with Crippen molar-refractivity contribution >= 4 is 40.8 Å². The molecule has 0 saturated carbocycles. The molecule has 3 rings (SSSR count). The molecule has 6 heteroatoms. The topological polar surface area (TPSA) is 64.1 Å². The molecule has 0 unspecified atom stereocenters. The van der Waals surface area contributed by atoms with Crippen molar-refractivity contribution < 1.29 is 9.53 Å². The third kappa shape index (κ3) is 4.55. The molecule has 0 aliphatic rings. The number of esters is 1. The lowest BCUT2D eigenvalue weighted by Crippen LogP contribution is -2.10. The minimum atomic E-state index is -0.398. The summed E-state index contributed by atoms with van der Waals surface area (Å²) in [7, 11) is 0. The zero-order valence-corrected chi connectivity index (χ0v) is 16.8. The fourth-order valence-corrected chi connectivity index (χ4v) is 2.79. The van der Waals surface area contributed by atoms with E-state index in [-0.39, 0.29) is 12.4 Å². The average molecular weight is 386 g/mol. The number of nitrogens with one attached hydrogen (secondary N) is 1. The van der Waals surface area contributed by atoms with Crippen molar-refractivity contribution in [1.82, 2.24) is 9.97 Å². The van der Waals surface area contributed by atoms with Crippen LogP contribution in [0.5, 0.6) is 0 Å². The Morgan fingerprint density at radius 3 is 2.70 bits per heavy atom. The van der Waals surface area contributed by atoms with Gasteiger partial charge in [0.25, 0.3) is 0 Å². The maximum absolute atomic E-state index is 12.4. The lowest BCUT2D eigenvalue weighted by molar-refractivity contribution is 0.0527. The van der Waals surface area contributed by atoms with Gasteiger partial charge in [0.2, 0.25) is 0 Å². The van der Waals surface area contributed by atoms with Gasteiger partial charge in [-0.3, -0.25) is 0 Å². The molecule has 0 fully saturated rings. The molecule has 0 bridgehead atoms. The summed E-state index contributed by atoms with van der Waals surface area (Å²) in [5, 5.41) is 4.18. The molecule has 2 heterocycles. The number of hydrogen-bond acceptors (Lipinski definition) is 5. The van der Waals surface area contributed by atoms with E-state index in [9.17, 15) is 4.79 Å². The third-order valence-electron chi connectivity index (χ3n) is 4.19. The van der Waals surface area contributed by atoms with Crippen molar-refractivity contribution in [3.63, 3.8) is 0 Å². The first-order chi connectivity index (χ1) is 12.5. The number of aryl methyl sites for hydroxylation is 1. The van der Waals surface area contributed by atoms with Gasteiger partial charge in [-0.15, -0.1) is 12.4 Å². The molecule has 0 aliphatic heterocycles. The van der Waals surface area contributed by atoms with E-state index in [4.69, 9.17) is 4.74 Å². The lowest BCUT2D eigenvalue weighted by atomic mass is 10.0. The fraction of sp³-hybridized carbons (Fsp3) is 0.286. The molecule has 27 heavy (non-hydrogen) atoms. The van der Waals surface area contributed by atoms with E-state index in [0.29, 0.717) is 29.4 Å². The van der Waals surface area contributed by atoms with Gasteiger partial charge in [0.15, 0.2) is 5.65 Å². The van der Waals surface area contributed by atoms with Crippen molar-refractivity contribution in [3.05, 3.63) is 59.4 Å². The molecule has 1 N–H and O–H groups in total. The second-order valence-corrected chi connectivity index (χ2v) is 6.50. The van der Waals surface area contributed by atoms with Gasteiger partial charge in [-0.25, -0.2) is 14.8 Å². The summed E-state index contributed by atoms with van der Waals surface area (Å²) in [5.74, 6) is 0.0183. The van der Waals surface area contributed by atoms with E-state index in [2.05, 4.69) is 41.3 Å². The summed E-state index contributed by atoms with van der Waals surface area (Å²) in [4.78, 5) is 21.2. The number of nitrogens with zero attached hydrogens (tertiary/aromatic N) is 2. The van der Waals surface area contributed by atoms with Crippen LogP contribution >= 0.6 is 12.4 Å². The van der Waals surface area contributed by atoms with Crippen LogP contribution in [-0.4, -0.2) is 22.5 Å². The molecular formula is C21H24ClN3O2. The van der Waals surface area contributed by atoms with Gasteiger partial charge in [-0.1, -0.05) is 26.0 Å². The Morgan fingerprint density at radius 1 is 1.22 bits per heavy atom. The SMILES string of the molecule is CCOC(=O)c1cnc2nc(C)ccc2c1Nc1cccc(C(C)C)c1.Cl. The highest BCUT2D eigenvalue weighted by Gasteiger charge is 2.18. The second-order valence-electron chi connectivity index (χ2n) is 6.50. The van der Waals surface area contributed by atoms with Crippen LogP contribution < -0.4 is 5.32 Å². The average Bonchev–Trinajstić information content (AvgIpc) is 2.62. The Hall–Kier alpha value is -2.66. The van der Waals surface area contributed by atoms with E-state index >= 15 is 0 Å². The number of pyridine rings is 2. The summed E-state index contributed by atoms with van der Waals surface area (Å²) < 4.78 is 5.20. The molecule has 0 saturated heterocycles. The van der Waals surface area contributed by atoms with Crippen LogP contribution in [0.4, 0.5) is 11.4 Å². The molecule has 142 valence electrons. The van der Waals surface area contributed by atoms with Gasteiger partial charge in [-0.2, -0.15) is 0 Å². The summed E-state index contributed by atoms with van der Waals surface area (Å²) in [5.41, 5.74) is 4.68. The van der Waals surface area contributed by atoms with Gasteiger partial charge >= 0.3 is 5.97 Å². The summed E-state index contributed by atoms with van der Waals surface area (Å²) >= 11 is 0. The maximum atomic E-state index is 12.4. The standard InChI is InChI=1S/C21H23N3O2.ClH/c1-5-26-21(25)18-12-22-20-17(10-9-14(4)23-20)19(18)24-16-8-6-7-15(11-16)13(2)3;/h6-13H,5H2,1-4H3,(H,22,23,24);1H. The number of benzene rings is 1. The minimum absolute atomic E-state index is 0. The van der Waals surface area contributed by atoms with Crippen molar-refractivity contribution in [2.45, 2.75) is 33.6 Å². The number of hydrogen-bond donors (Lipinski definition) is 1. The number of carbonyl (C=O) groups is 1. The van der Waals surface area contributed by atoms with E-state index < -0.39 is 5.97 Å². The summed E-state index contributed by atoms with van der Waals surface area (Å²) in [6, 6.07) is 12.0. The van der Waals surface area contributed by atoms with Crippen LogP contribution in [0.25, 0.3) is 11.0 Å². The number of halogens is 1. The molecule has 0 radical (unpaired) electrons. The molecule has 1 aromatic carbocycles. The van der Waals surface area contributed by atoms with E-state index in [1.54, 1.807) is 6.92 Å². The smallest absolute Gasteiger partial charge is 0.341 e. The van der Waals surface area contributed by atoms with Crippen LogP contribution in [0.1, 0.15) is 48.3 Å². The van der Waals surface area contributed by atoms with Crippen molar-refractivity contribution in [3.8, 4) is 0 Å². The van der Waals surface area contributed by atoms with Crippen LogP contribution in [0.3, 0.4) is 0 Å². The number of fused-ring (bicyclic) bond motifs is 1. The molecule has 0 aliphatic carbocycles. The molecular weight excluding hydrogens is 362 g/mol. The Kier molecular flexibility index (Phi) is 6.75. The number of anilines is 2. The van der Waals surface area contributed by atoms with Gasteiger partial charge < -0.3 is 10.1 Å². The maximum Gasteiger partial charge on any atom is 0.341 e. The Labute approximate surface area is 165 Å². The Morgan fingerprint density at radius 2 is 2.00 bits per heavy atom. The highest BCUT2D eigenvalue weighted by Crippen LogP contribution is 2.30. The second kappa shape index (κ2) is 8.82. The highest BCUT2D eigenvalue weighted by molar-refractivity contribution is 6.05. The predicted octanol–water partition coefficient (Wildman–Crippen LogP) is 5.40. The summed E-state index contributed by atoms with van der Waals surface area (Å²) in [6.07, 6.45) is 1.53. The van der Waals surface area contributed by atoms with Gasteiger partial charge in [0, 0.05) is 23.0 Å². The first-order valence-corrected chi connectivity index (χ1v) is 8.80.